The van der Waals surface area contributed by atoms with Crippen LogP contribution in [0, 0.1) is 10.1 Å². The van der Waals surface area contributed by atoms with E-state index < -0.39 is 22.4 Å². The van der Waals surface area contributed by atoms with Crippen LogP contribution in [-0.2, 0) is 6.18 Å². The second-order valence-electron chi connectivity index (χ2n) is 6.74. The van der Waals surface area contributed by atoms with Gasteiger partial charge >= 0.3 is 6.18 Å². The van der Waals surface area contributed by atoms with Crippen LogP contribution in [0.5, 0.6) is 0 Å². The van der Waals surface area contributed by atoms with Gasteiger partial charge in [0, 0.05) is 11.6 Å². The van der Waals surface area contributed by atoms with Crippen molar-refractivity contribution in [3.63, 3.8) is 0 Å². The number of nitrogens with zero attached hydrogens (tertiary/aromatic N) is 2. The Labute approximate surface area is 155 Å². The summed E-state index contributed by atoms with van der Waals surface area (Å²) in [6.07, 6.45) is -4.60. The summed E-state index contributed by atoms with van der Waals surface area (Å²) >= 11 is 0. The maximum absolute atomic E-state index is 12.9. The number of nitro benzene ring substituents is 1. The van der Waals surface area contributed by atoms with Crippen molar-refractivity contribution < 1.29 is 23.0 Å². The monoisotopic (exact) mass is 380 g/mol. The van der Waals surface area contributed by atoms with Crippen molar-refractivity contribution >= 4 is 11.4 Å². The molecule has 0 unspecified atom stereocenters. The van der Waals surface area contributed by atoms with Gasteiger partial charge in [0.2, 0.25) is 0 Å². The fraction of sp³-hybridized carbons (Fsp3) is 0.368. The molecule has 1 aliphatic rings. The van der Waals surface area contributed by atoms with E-state index >= 15 is 0 Å². The lowest BCUT2D eigenvalue weighted by atomic mass is 10.1. The molecule has 0 bridgehead atoms. The Morgan fingerprint density at radius 1 is 1.11 bits per heavy atom. The van der Waals surface area contributed by atoms with Crippen molar-refractivity contribution in [2.45, 2.75) is 19.1 Å². The number of nitro groups is 1. The minimum atomic E-state index is -4.60. The summed E-state index contributed by atoms with van der Waals surface area (Å²) in [6, 6.07) is 13.1. The fourth-order valence-corrected chi connectivity index (χ4v) is 3.56. The van der Waals surface area contributed by atoms with Crippen LogP contribution in [0.4, 0.5) is 24.5 Å². The summed E-state index contributed by atoms with van der Waals surface area (Å²) in [5.41, 5.74) is -0.0230. The highest BCUT2D eigenvalue weighted by Crippen LogP contribution is 2.36. The summed E-state index contributed by atoms with van der Waals surface area (Å²) < 4.78 is 38.6. The molecule has 0 spiro atoms. The first kappa shape index (κ1) is 19.2. The lowest BCUT2D eigenvalue weighted by Gasteiger charge is -2.36. The van der Waals surface area contributed by atoms with Crippen molar-refractivity contribution in [3.05, 3.63) is 69.8 Å². The fourth-order valence-electron chi connectivity index (χ4n) is 3.56. The summed E-state index contributed by atoms with van der Waals surface area (Å²) in [6.45, 7) is 4.76. The van der Waals surface area contributed by atoms with Gasteiger partial charge in [0.05, 0.1) is 36.7 Å². The average molecular weight is 380 g/mol. The molecule has 1 aliphatic heterocycles. The van der Waals surface area contributed by atoms with Gasteiger partial charge in [-0.25, -0.2) is 0 Å². The molecule has 2 aromatic rings. The minimum Gasteiger partial charge on any atom is -0.355 e. The number of quaternary nitrogens is 1. The molecule has 1 saturated heterocycles. The highest BCUT2D eigenvalue weighted by molar-refractivity contribution is 5.64. The van der Waals surface area contributed by atoms with E-state index in [1.807, 2.05) is 18.2 Å². The standard InChI is InChI=1S/C19H20F3N3O2/c1-14(15-5-3-2-4-6-15)23-9-11-24(12-10-23)17-8-7-16(19(20,21)22)13-18(17)25(26)27/h2-8,13-14H,9-12H2,1H3/p+1/t14-/m1/s1. The lowest BCUT2D eigenvalue weighted by molar-refractivity contribution is -0.930. The molecule has 5 nitrogen and oxygen atoms in total. The number of anilines is 1. The molecule has 0 saturated carbocycles. The molecule has 8 heteroatoms. The number of piperazine rings is 1. The van der Waals surface area contributed by atoms with E-state index in [0.717, 1.165) is 19.2 Å². The predicted molar refractivity (Wildman–Crippen MR) is 95.9 cm³/mol. The SMILES string of the molecule is C[C@H](c1ccccc1)[NH+]1CCN(c2ccc(C(F)(F)F)cc2[N+](=O)[O-])CC1. The molecule has 1 atom stereocenters. The van der Waals surface area contributed by atoms with Crippen molar-refractivity contribution in [3.8, 4) is 0 Å². The minimum absolute atomic E-state index is 0.249. The molecule has 0 aromatic heterocycles. The van der Waals surface area contributed by atoms with E-state index in [1.54, 1.807) is 4.90 Å². The highest BCUT2D eigenvalue weighted by Gasteiger charge is 2.35. The number of alkyl halides is 3. The molecule has 0 amide bonds. The summed E-state index contributed by atoms with van der Waals surface area (Å²) in [5.74, 6) is 0. The summed E-state index contributed by atoms with van der Waals surface area (Å²) in [5, 5.41) is 11.3. The van der Waals surface area contributed by atoms with E-state index in [1.165, 1.54) is 16.5 Å². The predicted octanol–water partition coefficient (Wildman–Crippen LogP) is 3.08. The molecule has 1 N–H and O–H groups in total. The molecular formula is C19H21F3N3O2+. The Hall–Kier alpha value is -2.61. The summed E-state index contributed by atoms with van der Waals surface area (Å²) in [7, 11) is 0. The van der Waals surface area contributed by atoms with Crippen LogP contribution >= 0.6 is 0 Å². The second-order valence-corrected chi connectivity index (χ2v) is 6.74. The number of hydrogen-bond donors (Lipinski definition) is 1. The molecule has 0 radical (unpaired) electrons. The maximum Gasteiger partial charge on any atom is 0.416 e. The molecule has 27 heavy (non-hydrogen) atoms. The van der Waals surface area contributed by atoms with Crippen molar-refractivity contribution in [2.75, 3.05) is 31.1 Å². The zero-order valence-corrected chi connectivity index (χ0v) is 14.9. The molecule has 3 rings (SSSR count). The smallest absolute Gasteiger partial charge is 0.355 e. The third-order valence-electron chi connectivity index (χ3n) is 5.16. The van der Waals surface area contributed by atoms with Crippen LogP contribution in [-0.4, -0.2) is 31.1 Å². The Bertz CT molecular complexity index is 804. The Kier molecular flexibility index (Phi) is 5.36. The maximum atomic E-state index is 12.9. The lowest BCUT2D eigenvalue weighted by Crippen LogP contribution is -3.14. The van der Waals surface area contributed by atoms with Gasteiger partial charge in [-0.3, -0.25) is 10.1 Å². The quantitative estimate of drug-likeness (QED) is 0.655. The first-order valence-corrected chi connectivity index (χ1v) is 8.77. The summed E-state index contributed by atoms with van der Waals surface area (Å²) in [4.78, 5) is 13.7. The highest BCUT2D eigenvalue weighted by atomic mass is 19.4. The largest absolute Gasteiger partial charge is 0.416 e. The van der Waals surface area contributed by atoms with Crippen molar-refractivity contribution in [2.24, 2.45) is 0 Å². The molecule has 0 aliphatic carbocycles. The molecule has 1 fully saturated rings. The van der Waals surface area contributed by atoms with Crippen LogP contribution in [0.2, 0.25) is 0 Å². The number of rotatable bonds is 4. The Balaban J connectivity index is 1.75. The molecular weight excluding hydrogens is 359 g/mol. The molecule has 2 aromatic carbocycles. The Morgan fingerprint density at radius 3 is 2.30 bits per heavy atom. The second kappa shape index (κ2) is 7.56. The molecule has 144 valence electrons. The van der Waals surface area contributed by atoms with E-state index in [0.29, 0.717) is 19.2 Å². The number of halogens is 3. The van der Waals surface area contributed by atoms with Gasteiger partial charge in [-0.15, -0.1) is 0 Å². The van der Waals surface area contributed by atoms with Gasteiger partial charge < -0.3 is 9.80 Å². The third kappa shape index (κ3) is 4.21. The van der Waals surface area contributed by atoms with E-state index in [2.05, 4.69) is 19.1 Å². The number of nitrogens with one attached hydrogen (secondary N) is 1. The van der Waals surface area contributed by atoms with Crippen LogP contribution < -0.4 is 9.80 Å². The first-order valence-electron chi connectivity index (χ1n) is 8.77. The van der Waals surface area contributed by atoms with Gasteiger partial charge in [-0.05, 0) is 19.1 Å². The van der Waals surface area contributed by atoms with Gasteiger partial charge in [0.25, 0.3) is 5.69 Å². The zero-order chi connectivity index (χ0) is 19.6. The number of hydrogen-bond acceptors (Lipinski definition) is 3. The van der Waals surface area contributed by atoms with Crippen molar-refractivity contribution in [1.29, 1.82) is 0 Å². The molecule has 1 heterocycles. The zero-order valence-electron chi connectivity index (χ0n) is 14.9. The number of benzene rings is 2. The van der Waals surface area contributed by atoms with E-state index in [4.69, 9.17) is 0 Å². The van der Waals surface area contributed by atoms with E-state index in [-0.39, 0.29) is 11.7 Å². The van der Waals surface area contributed by atoms with Gasteiger partial charge in [0.1, 0.15) is 11.7 Å². The van der Waals surface area contributed by atoms with Crippen LogP contribution in [0.15, 0.2) is 48.5 Å². The average Bonchev–Trinajstić information content (AvgIpc) is 2.67. The normalized spacial score (nSPS) is 17.0. The first-order chi connectivity index (χ1) is 12.8. The van der Waals surface area contributed by atoms with Crippen LogP contribution in [0.1, 0.15) is 24.1 Å². The van der Waals surface area contributed by atoms with Crippen molar-refractivity contribution in [1.82, 2.24) is 0 Å². The van der Waals surface area contributed by atoms with Gasteiger partial charge in [0.15, 0.2) is 0 Å². The van der Waals surface area contributed by atoms with E-state index in [9.17, 15) is 23.3 Å². The van der Waals surface area contributed by atoms with Crippen LogP contribution in [0.25, 0.3) is 0 Å². The third-order valence-corrected chi connectivity index (χ3v) is 5.16. The van der Waals surface area contributed by atoms with Gasteiger partial charge in [-0.1, -0.05) is 30.3 Å². The topological polar surface area (TPSA) is 50.8 Å². The Morgan fingerprint density at radius 2 is 1.74 bits per heavy atom. The van der Waals surface area contributed by atoms with Crippen LogP contribution in [0.3, 0.4) is 0 Å². The van der Waals surface area contributed by atoms with Gasteiger partial charge in [-0.2, -0.15) is 13.2 Å².